The molecule has 3 rings (SSSR count). The van der Waals surface area contributed by atoms with Crippen molar-refractivity contribution in [3.05, 3.63) is 71.3 Å². The summed E-state index contributed by atoms with van der Waals surface area (Å²) in [6, 6.07) is 18.7. The van der Waals surface area contributed by atoms with Crippen molar-refractivity contribution in [2.45, 2.75) is 59.3 Å². The minimum atomic E-state index is -1.24. The fourth-order valence-corrected chi connectivity index (χ4v) is 4.73. The van der Waals surface area contributed by atoms with Crippen LogP contribution in [0.3, 0.4) is 0 Å². The molecular formula is C28H34N4O4S. The Kier molecular flexibility index (Phi) is 9.75. The Bertz CT molecular complexity index is 1170. The van der Waals surface area contributed by atoms with Gasteiger partial charge in [-0.25, -0.2) is 0 Å². The number of aliphatic hydroxyl groups excluding tert-OH is 1. The van der Waals surface area contributed by atoms with E-state index in [4.69, 9.17) is 4.74 Å². The van der Waals surface area contributed by atoms with E-state index in [0.717, 1.165) is 11.1 Å². The van der Waals surface area contributed by atoms with Gasteiger partial charge in [0.05, 0.1) is 23.1 Å². The average molecular weight is 523 g/mol. The molecule has 2 amide bonds. The summed E-state index contributed by atoms with van der Waals surface area (Å²) in [6.07, 6.45) is -0.170. The van der Waals surface area contributed by atoms with Crippen LogP contribution in [0.2, 0.25) is 0 Å². The highest BCUT2D eigenvalue weighted by molar-refractivity contribution is 8.06. The van der Waals surface area contributed by atoms with Gasteiger partial charge in [-0.1, -0.05) is 82.6 Å². The molecule has 9 heteroatoms. The fraction of sp³-hybridized carbons (Fsp3) is 0.393. The van der Waals surface area contributed by atoms with Gasteiger partial charge in [-0.15, -0.1) is 0 Å². The molecule has 37 heavy (non-hydrogen) atoms. The second-order valence-corrected chi connectivity index (χ2v) is 10.9. The van der Waals surface area contributed by atoms with E-state index in [1.807, 2.05) is 61.5 Å². The molecule has 2 atom stereocenters. The van der Waals surface area contributed by atoms with Gasteiger partial charge < -0.3 is 15.2 Å². The van der Waals surface area contributed by atoms with Gasteiger partial charge in [0.15, 0.2) is 0 Å². The number of carbonyl (C=O) groups is 2. The summed E-state index contributed by atoms with van der Waals surface area (Å²) in [5.74, 6) is -0.353. The average Bonchev–Trinajstić information content (AvgIpc) is 3.29. The first kappa shape index (κ1) is 28.3. The fourth-order valence-electron chi connectivity index (χ4n) is 3.69. The van der Waals surface area contributed by atoms with Crippen molar-refractivity contribution in [1.29, 1.82) is 5.26 Å². The van der Waals surface area contributed by atoms with Gasteiger partial charge >= 0.3 is 0 Å². The number of rotatable bonds is 10. The van der Waals surface area contributed by atoms with Gasteiger partial charge in [0, 0.05) is 5.56 Å². The number of carbonyl (C=O) groups excluding carboxylic acids is 2. The van der Waals surface area contributed by atoms with Crippen LogP contribution in [0.4, 0.5) is 0 Å². The Morgan fingerprint density at radius 3 is 2.46 bits per heavy atom. The van der Waals surface area contributed by atoms with Crippen molar-refractivity contribution in [2.75, 3.05) is 6.54 Å². The van der Waals surface area contributed by atoms with E-state index in [9.17, 15) is 20.0 Å². The first-order chi connectivity index (χ1) is 17.6. The zero-order valence-corrected chi connectivity index (χ0v) is 22.5. The van der Waals surface area contributed by atoms with E-state index in [-0.39, 0.29) is 6.54 Å². The van der Waals surface area contributed by atoms with Crippen molar-refractivity contribution < 1.29 is 19.4 Å². The largest absolute Gasteiger partial charge is 0.488 e. The van der Waals surface area contributed by atoms with Crippen molar-refractivity contribution in [3.8, 4) is 11.8 Å². The lowest BCUT2D eigenvalue weighted by molar-refractivity contribution is -0.139. The lowest BCUT2D eigenvalue weighted by Crippen LogP contribution is -2.54. The highest BCUT2D eigenvalue weighted by Crippen LogP contribution is 2.42. The minimum Gasteiger partial charge on any atom is -0.488 e. The minimum absolute atomic E-state index is 0.201. The number of ether oxygens (including phenoxy) is 1. The van der Waals surface area contributed by atoms with Crippen molar-refractivity contribution in [2.24, 2.45) is 5.41 Å². The van der Waals surface area contributed by atoms with Crippen LogP contribution < -0.4 is 15.5 Å². The molecule has 0 fully saturated rings. The molecule has 2 aromatic carbocycles. The number of nitrogens with zero attached hydrogens (tertiary/aromatic N) is 2. The molecule has 0 saturated carbocycles. The van der Waals surface area contributed by atoms with Crippen molar-refractivity contribution >= 4 is 28.7 Å². The molecule has 2 aromatic rings. The number of aliphatic hydroxyl groups is 1. The summed E-state index contributed by atoms with van der Waals surface area (Å²) in [5.41, 5.74) is 4.46. The molecule has 1 aliphatic rings. The number of para-hydroxylation sites is 1. The van der Waals surface area contributed by atoms with E-state index >= 15 is 0 Å². The summed E-state index contributed by atoms with van der Waals surface area (Å²) in [4.78, 5) is 26.3. The maximum Gasteiger partial charge on any atom is 0.257 e. The molecule has 1 aliphatic heterocycles. The van der Waals surface area contributed by atoms with Gasteiger partial charge in [-0.2, -0.15) is 9.68 Å². The summed E-state index contributed by atoms with van der Waals surface area (Å²) in [7, 11) is 0. The van der Waals surface area contributed by atoms with E-state index in [1.165, 1.54) is 11.9 Å². The zero-order chi connectivity index (χ0) is 27.0. The molecule has 3 N–H and O–H groups in total. The Balaban J connectivity index is 1.70. The van der Waals surface area contributed by atoms with E-state index < -0.39 is 29.4 Å². The SMILES string of the molecule is CCC[C@H](NC(=O)[C@@H](O)C(C)(C)C)C(=O)NN1CC(C#N)=C(c2ccccc2OCc2ccccc2)S1. The lowest BCUT2D eigenvalue weighted by atomic mass is 9.88. The van der Waals surface area contributed by atoms with E-state index in [1.54, 1.807) is 25.2 Å². The molecule has 0 aliphatic carbocycles. The maximum absolute atomic E-state index is 13.1. The van der Waals surface area contributed by atoms with Gasteiger partial charge in [-0.05, 0) is 35.4 Å². The van der Waals surface area contributed by atoms with Gasteiger partial charge in [-0.3, -0.25) is 15.0 Å². The molecule has 0 saturated heterocycles. The predicted molar refractivity (Wildman–Crippen MR) is 144 cm³/mol. The summed E-state index contributed by atoms with van der Waals surface area (Å²) >= 11 is 1.24. The highest BCUT2D eigenvalue weighted by atomic mass is 32.2. The summed E-state index contributed by atoms with van der Waals surface area (Å²) in [5, 5.41) is 22.8. The number of hydrogen-bond donors (Lipinski definition) is 3. The monoisotopic (exact) mass is 522 g/mol. The third-order valence-corrected chi connectivity index (χ3v) is 6.88. The Morgan fingerprint density at radius 1 is 1.14 bits per heavy atom. The van der Waals surface area contributed by atoms with Crippen molar-refractivity contribution in [3.63, 3.8) is 0 Å². The second-order valence-electron chi connectivity index (χ2n) is 9.91. The van der Waals surface area contributed by atoms with Crippen LogP contribution in [0.5, 0.6) is 5.75 Å². The van der Waals surface area contributed by atoms with E-state index in [0.29, 0.717) is 35.7 Å². The van der Waals surface area contributed by atoms with Crippen LogP contribution in [-0.2, 0) is 16.2 Å². The topological polar surface area (TPSA) is 115 Å². The number of nitriles is 1. The second kappa shape index (κ2) is 12.8. The van der Waals surface area contributed by atoms with E-state index in [2.05, 4.69) is 16.8 Å². The normalized spacial score (nSPS) is 15.6. The van der Waals surface area contributed by atoms with Crippen molar-refractivity contribution in [1.82, 2.24) is 15.2 Å². The van der Waals surface area contributed by atoms with Crippen LogP contribution in [-0.4, -0.2) is 40.0 Å². The molecule has 0 bridgehead atoms. The Labute approximate surface area is 222 Å². The first-order valence-electron chi connectivity index (χ1n) is 12.3. The summed E-state index contributed by atoms with van der Waals surface area (Å²) in [6.45, 7) is 7.77. The molecule has 0 radical (unpaired) electrons. The molecule has 1 heterocycles. The molecular weight excluding hydrogens is 488 g/mol. The van der Waals surface area contributed by atoms with Gasteiger partial charge in [0.25, 0.3) is 5.91 Å². The third-order valence-electron chi connectivity index (χ3n) is 5.79. The first-order valence-corrected chi connectivity index (χ1v) is 13.0. The molecule has 0 aromatic heterocycles. The predicted octanol–water partition coefficient (Wildman–Crippen LogP) is 4.19. The number of benzene rings is 2. The third kappa shape index (κ3) is 7.59. The number of hydrazine groups is 1. The van der Waals surface area contributed by atoms with Gasteiger partial charge in [0.2, 0.25) is 5.91 Å². The number of hydrogen-bond acceptors (Lipinski definition) is 7. The summed E-state index contributed by atoms with van der Waals surface area (Å²) < 4.78 is 7.66. The molecule has 0 spiro atoms. The molecule has 0 unspecified atom stereocenters. The number of amides is 2. The number of nitrogens with one attached hydrogen (secondary N) is 2. The lowest BCUT2D eigenvalue weighted by Gasteiger charge is -2.27. The Hall–Kier alpha value is -3.32. The quantitative estimate of drug-likeness (QED) is 0.401. The standard InChI is InChI=1S/C28H34N4O4S/c1-5-11-22(30-27(35)25(33)28(2,3)4)26(34)31-32-17-20(16-29)24(37-32)21-14-9-10-15-23(21)36-18-19-12-7-6-8-13-19/h6-10,12-15,22,25,33H,5,11,17-18H2,1-4H3,(H,30,35)(H,31,34)/t22-,25+/m0/s1. The Morgan fingerprint density at radius 2 is 1.81 bits per heavy atom. The van der Waals surface area contributed by atoms with Crippen LogP contribution in [0.1, 0.15) is 51.7 Å². The maximum atomic E-state index is 13.1. The smallest absolute Gasteiger partial charge is 0.257 e. The molecule has 8 nitrogen and oxygen atoms in total. The highest BCUT2D eigenvalue weighted by Gasteiger charge is 2.33. The van der Waals surface area contributed by atoms with Crippen LogP contribution in [0.25, 0.3) is 4.91 Å². The van der Waals surface area contributed by atoms with Crippen LogP contribution >= 0.6 is 11.9 Å². The van der Waals surface area contributed by atoms with Crippen LogP contribution in [0, 0.1) is 16.7 Å². The zero-order valence-electron chi connectivity index (χ0n) is 21.7. The molecule has 196 valence electrons. The van der Waals surface area contributed by atoms with Crippen LogP contribution in [0.15, 0.2) is 60.2 Å². The van der Waals surface area contributed by atoms with Gasteiger partial charge in [0.1, 0.15) is 24.5 Å².